The Bertz CT molecular complexity index is 987. The van der Waals surface area contributed by atoms with E-state index in [4.69, 9.17) is 16.3 Å². The van der Waals surface area contributed by atoms with Crippen LogP contribution in [-0.2, 0) is 6.61 Å². The molecule has 132 valence electrons. The van der Waals surface area contributed by atoms with Gasteiger partial charge in [0.15, 0.2) is 0 Å². The van der Waals surface area contributed by atoms with Crippen LogP contribution in [0.2, 0.25) is 5.02 Å². The molecule has 2 N–H and O–H groups in total. The molecule has 3 aromatic rings. The van der Waals surface area contributed by atoms with E-state index in [1.807, 2.05) is 48.5 Å². The number of hydrogen-bond acceptors (Lipinski definition) is 6. The predicted octanol–water partition coefficient (Wildman–Crippen LogP) is 3.15. The Kier molecular flexibility index (Phi) is 5.60. The molecule has 0 bridgehead atoms. The van der Waals surface area contributed by atoms with Crippen molar-refractivity contribution in [3.05, 3.63) is 80.7 Å². The average molecular weight is 370 g/mol. The molecule has 0 spiro atoms. The van der Waals surface area contributed by atoms with E-state index in [0.29, 0.717) is 23.1 Å². The fourth-order valence-corrected chi connectivity index (χ4v) is 2.26. The minimum atomic E-state index is -0.312. The van der Waals surface area contributed by atoms with Gasteiger partial charge in [0.25, 0.3) is 5.56 Å². The zero-order chi connectivity index (χ0) is 18.4. The smallest absolute Gasteiger partial charge is 0.274 e. The van der Waals surface area contributed by atoms with Crippen molar-refractivity contribution in [3.63, 3.8) is 0 Å². The number of aromatic amines is 1. The Morgan fingerprint density at radius 3 is 2.88 bits per heavy atom. The molecule has 0 aliphatic heterocycles. The summed E-state index contributed by atoms with van der Waals surface area (Å²) in [5.41, 5.74) is 4.34. The largest absolute Gasteiger partial charge is 0.489 e. The summed E-state index contributed by atoms with van der Waals surface area (Å²) < 4.78 is 5.77. The zero-order valence-corrected chi connectivity index (χ0v) is 14.7. The molecule has 0 unspecified atom stereocenters. The number of hydrazone groups is 1. The van der Waals surface area contributed by atoms with E-state index in [2.05, 4.69) is 25.7 Å². The van der Waals surface area contributed by atoms with Crippen molar-refractivity contribution in [2.75, 3.05) is 5.43 Å². The fourth-order valence-electron chi connectivity index (χ4n) is 2.07. The molecule has 1 aromatic heterocycles. The first-order chi connectivity index (χ1) is 12.6. The van der Waals surface area contributed by atoms with Crippen molar-refractivity contribution in [2.45, 2.75) is 13.5 Å². The molecule has 7 nitrogen and oxygen atoms in total. The molecule has 0 amide bonds. The van der Waals surface area contributed by atoms with E-state index in [0.717, 1.165) is 11.1 Å². The van der Waals surface area contributed by atoms with Crippen molar-refractivity contribution < 1.29 is 4.74 Å². The quantitative estimate of drug-likeness (QED) is 0.514. The molecule has 26 heavy (non-hydrogen) atoms. The summed E-state index contributed by atoms with van der Waals surface area (Å²) in [6.07, 6.45) is 1.59. The molecule has 0 fully saturated rings. The summed E-state index contributed by atoms with van der Waals surface area (Å²) in [6.45, 7) is 1.95. The number of rotatable bonds is 6. The highest BCUT2D eigenvalue weighted by atomic mass is 35.5. The van der Waals surface area contributed by atoms with Crippen LogP contribution in [0.4, 0.5) is 5.95 Å². The SMILES string of the molecule is Cc1nnc(N/N=C\c2cccc(OCc3ccccc3Cl)c2)[nH]c1=O. The number of aryl methyl sites for hydroxylation is 1. The molecule has 0 saturated carbocycles. The summed E-state index contributed by atoms with van der Waals surface area (Å²) in [6, 6.07) is 15.0. The fraction of sp³-hybridized carbons (Fsp3) is 0.111. The number of H-pyrrole nitrogens is 1. The summed E-state index contributed by atoms with van der Waals surface area (Å²) >= 11 is 6.12. The molecular weight excluding hydrogens is 354 g/mol. The topological polar surface area (TPSA) is 92.3 Å². The number of hydrogen-bond donors (Lipinski definition) is 2. The lowest BCUT2D eigenvalue weighted by Gasteiger charge is -2.08. The molecule has 3 rings (SSSR count). The molecule has 0 saturated heterocycles. The number of ether oxygens (including phenoxy) is 1. The van der Waals surface area contributed by atoms with Gasteiger partial charge in [0, 0.05) is 10.6 Å². The highest BCUT2D eigenvalue weighted by Crippen LogP contribution is 2.19. The maximum absolute atomic E-state index is 11.5. The monoisotopic (exact) mass is 369 g/mol. The Morgan fingerprint density at radius 1 is 1.23 bits per heavy atom. The number of benzene rings is 2. The molecule has 0 atom stereocenters. The van der Waals surface area contributed by atoms with Crippen LogP contribution in [0.1, 0.15) is 16.8 Å². The minimum absolute atomic E-state index is 0.169. The van der Waals surface area contributed by atoms with Crippen molar-refractivity contribution in [3.8, 4) is 5.75 Å². The van der Waals surface area contributed by atoms with Gasteiger partial charge in [0.2, 0.25) is 5.95 Å². The lowest BCUT2D eigenvalue weighted by atomic mass is 10.2. The van der Waals surface area contributed by atoms with E-state index >= 15 is 0 Å². The Morgan fingerprint density at radius 2 is 2.08 bits per heavy atom. The third-order valence-electron chi connectivity index (χ3n) is 3.45. The number of nitrogens with zero attached hydrogens (tertiary/aromatic N) is 3. The van der Waals surface area contributed by atoms with Gasteiger partial charge in [-0.15, -0.1) is 10.2 Å². The van der Waals surface area contributed by atoms with E-state index in [1.54, 1.807) is 13.1 Å². The second kappa shape index (κ2) is 8.26. The molecular formula is C18H16ClN5O2. The standard InChI is InChI=1S/C18H16ClN5O2/c1-12-17(25)21-18(24-22-12)23-20-10-13-5-4-7-15(9-13)26-11-14-6-2-3-8-16(14)19/h2-10H,11H2,1H3,(H2,21,23,24,25)/b20-10-. The highest BCUT2D eigenvalue weighted by molar-refractivity contribution is 6.31. The summed E-state index contributed by atoms with van der Waals surface area (Å²) in [5, 5.41) is 12.2. The number of nitrogens with one attached hydrogen (secondary N) is 2. The predicted molar refractivity (Wildman–Crippen MR) is 101 cm³/mol. The van der Waals surface area contributed by atoms with Gasteiger partial charge >= 0.3 is 0 Å². The van der Waals surface area contributed by atoms with Crippen LogP contribution in [0.3, 0.4) is 0 Å². The van der Waals surface area contributed by atoms with Gasteiger partial charge in [-0.1, -0.05) is 41.9 Å². The molecule has 8 heteroatoms. The van der Waals surface area contributed by atoms with Crippen molar-refractivity contribution in [1.82, 2.24) is 15.2 Å². The number of aromatic nitrogens is 3. The summed E-state index contributed by atoms with van der Waals surface area (Å²) in [4.78, 5) is 14.0. The molecule has 0 aliphatic rings. The Balaban J connectivity index is 1.62. The number of anilines is 1. The van der Waals surface area contributed by atoms with Crippen LogP contribution in [-0.4, -0.2) is 21.4 Å². The molecule has 0 radical (unpaired) electrons. The molecule has 1 heterocycles. The van der Waals surface area contributed by atoms with Gasteiger partial charge in [-0.25, -0.2) is 5.43 Å². The Hall–Kier alpha value is -3.19. The summed E-state index contributed by atoms with van der Waals surface area (Å²) in [5.74, 6) is 0.861. The molecule has 0 aliphatic carbocycles. The van der Waals surface area contributed by atoms with Crippen LogP contribution >= 0.6 is 11.6 Å². The molecule has 2 aromatic carbocycles. The van der Waals surface area contributed by atoms with Crippen molar-refractivity contribution in [1.29, 1.82) is 0 Å². The second-order valence-corrected chi connectivity index (χ2v) is 5.82. The van der Waals surface area contributed by atoms with Crippen LogP contribution < -0.4 is 15.7 Å². The maximum Gasteiger partial charge on any atom is 0.274 e. The average Bonchev–Trinajstić information content (AvgIpc) is 2.64. The van der Waals surface area contributed by atoms with Gasteiger partial charge in [0.1, 0.15) is 18.1 Å². The Labute approximate surface area is 154 Å². The van der Waals surface area contributed by atoms with Crippen LogP contribution in [0.25, 0.3) is 0 Å². The van der Waals surface area contributed by atoms with E-state index in [1.165, 1.54) is 0 Å². The maximum atomic E-state index is 11.5. The van der Waals surface area contributed by atoms with Crippen molar-refractivity contribution >= 4 is 23.8 Å². The van der Waals surface area contributed by atoms with Crippen LogP contribution in [0, 0.1) is 6.92 Å². The first-order valence-corrected chi connectivity index (χ1v) is 8.18. The number of halogens is 1. The minimum Gasteiger partial charge on any atom is -0.489 e. The van der Waals surface area contributed by atoms with E-state index < -0.39 is 0 Å². The lowest BCUT2D eigenvalue weighted by Crippen LogP contribution is -2.15. The highest BCUT2D eigenvalue weighted by Gasteiger charge is 2.01. The van der Waals surface area contributed by atoms with Crippen LogP contribution in [0.15, 0.2) is 58.4 Å². The van der Waals surface area contributed by atoms with E-state index in [-0.39, 0.29) is 11.5 Å². The first-order valence-electron chi connectivity index (χ1n) is 7.81. The van der Waals surface area contributed by atoms with Gasteiger partial charge in [0.05, 0.1) is 6.21 Å². The van der Waals surface area contributed by atoms with Gasteiger partial charge in [-0.05, 0) is 30.7 Å². The first kappa shape index (κ1) is 17.6. The normalized spacial score (nSPS) is 10.8. The van der Waals surface area contributed by atoms with Gasteiger partial charge in [-0.2, -0.15) is 5.10 Å². The van der Waals surface area contributed by atoms with Crippen LogP contribution in [0.5, 0.6) is 5.75 Å². The third kappa shape index (κ3) is 4.67. The lowest BCUT2D eigenvalue weighted by molar-refractivity contribution is 0.306. The third-order valence-corrected chi connectivity index (χ3v) is 3.82. The second-order valence-electron chi connectivity index (χ2n) is 5.41. The van der Waals surface area contributed by atoms with Gasteiger partial charge in [-0.3, -0.25) is 9.78 Å². The zero-order valence-electron chi connectivity index (χ0n) is 13.9. The summed E-state index contributed by atoms with van der Waals surface area (Å²) in [7, 11) is 0. The van der Waals surface area contributed by atoms with E-state index in [9.17, 15) is 4.79 Å². The van der Waals surface area contributed by atoms with Gasteiger partial charge < -0.3 is 4.74 Å². The van der Waals surface area contributed by atoms with Crippen molar-refractivity contribution in [2.24, 2.45) is 5.10 Å².